The number of pyridine rings is 3. The van der Waals surface area contributed by atoms with Gasteiger partial charge in [0.1, 0.15) is 11.6 Å². The largest absolute Gasteiger partial charge is 0.507 e. The van der Waals surface area contributed by atoms with E-state index >= 15 is 0 Å². The molecule has 0 aliphatic rings. The Morgan fingerprint density at radius 1 is 1.00 bits per heavy atom. The second kappa shape index (κ2) is 9.70. The number of rotatable bonds is 8. The van der Waals surface area contributed by atoms with Crippen LogP contribution in [-0.4, -0.2) is 32.5 Å². The van der Waals surface area contributed by atoms with Gasteiger partial charge in [0.25, 0.3) is 0 Å². The lowest BCUT2D eigenvalue weighted by Gasteiger charge is -2.19. The van der Waals surface area contributed by atoms with Gasteiger partial charge in [0.15, 0.2) is 0 Å². The predicted octanol–water partition coefficient (Wildman–Crippen LogP) is 3.52. The number of nitrogens with one attached hydrogen (secondary N) is 1. The maximum Gasteiger partial charge on any atom is 0.229 e. The van der Waals surface area contributed by atoms with Gasteiger partial charge in [0, 0.05) is 48.4 Å². The zero-order valence-corrected chi connectivity index (χ0v) is 17.3. The maximum atomic E-state index is 12.4. The van der Waals surface area contributed by atoms with Gasteiger partial charge in [0.05, 0.1) is 11.6 Å². The number of carbonyl (C=O) groups excluding carboxylic acids is 1. The minimum absolute atomic E-state index is 0.130. The summed E-state index contributed by atoms with van der Waals surface area (Å²) in [5.41, 5.74) is 9.25. The zero-order chi connectivity index (χ0) is 22.3. The number of nitrogens with zero attached hydrogens (tertiary/aromatic N) is 3. The quantitative estimate of drug-likeness (QED) is 0.398. The average molecular weight is 425 g/mol. The number of carbonyl (C=O) groups is 1. The van der Waals surface area contributed by atoms with Crippen LogP contribution in [0.15, 0.2) is 85.3 Å². The Labute approximate surface area is 186 Å². The Morgan fingerprint density at radius 3 is 2.56 bits per heavy atom. The predicted molar refractivity (Wildman–Crippen MR) is 123 cm³/mol. The van der Waals surface area contributed by atoms with E-state index in [0.717, 1.165) is 5.69 Å². The molecule has 32 heavy (non-hydrogen) atoms. The Kier molecular flexibility index (Phi) is 6.36. The van der Waals surface area contributed by atoms with Crippen LogP contribution >= 0.6 is 0 Å². The van der Waals surface area contributed by atoms with Crippen LogP contribution < -0.4 is 11.1 Å². The molecule has 0 radical (unpaired) electrons. The molecule has 4 aromatic rings. The van der Waals surface area contributed by atoms with Crippen molar-refractivity contribution < 1.29 is 9.90 Å². The minimum Gasteiger partial charge on any atom is -0.507 e. The second-order valence-electron chi connectivity index (χ2n) is 7.27. The molecule has 0 saturated carbocycles. The first-order valence-corrected chi connectivity index (χ1v) is 10.3. The van der Waals surface area contributed by atoms with E-state index in [2.05, 4.69) is 15.3 Å². The van der Waals surface area contributed by atoms with Gasteiger partial charge < -0.3 is 16.2 Å². The SMILES string of the molecule is NC(=O)C(c1cccnc1)c1ccc(-c2ccccc2O)nc1NCCc1ccccn1. The van der Waals surface area contributed by atoms with Gasteiger partial charge >= 0.3 is 0 Å². The van der Waals surface area contributed by atoms with Crippen LogP contribution in [0.5, 0.6) is 5.75 Å². The summed E-state index contributed by atoms with van der Waals surface area (Å²) in [5, 5.41) is 13.6. The van der Waals surface area contributed by atoms with E-state index in [1.165, 1.54) is 0 Å². The number of phenols is 1. The lowest BCUT2D eigenvalue weighted by molar-refractivity contribution is -0.118. The van der Waals surface area contributed by atoms with E-state index in [1.807, 2.05) is 36.4 Å². The Hall–Kier alpha value is -4.26. The van der Waals surface area contributed by atoms with Gasteiger partial charge in [-0.15, -0.1) is 0 Å². The fourth-order valence-electron chi connectivity index (χ4n) is 3.58. The summed E-state index contributed by atoms with van der Waals surface area (Å²) in [6, 6.07) is 19.9. The molecule has 1 aromatic carbocycles. The molecule has 4 rings (SSSR count). The minimum atomic E-state index is -0.716. The average Bonchev–Trinajstić information content (AvgIpc) is 2.82. The molecule has 7 nitrogen and oxygen atoms in total. The number of aromatic nitrogens is 3. The van der Waals surface area contributed by atoms with Crippen LogP contribution in [0.2, 0.25) is 0 Å². The standard InChI is InChI=1S/C25H23N5O2/c26-24(32)23(17-6-5-13-27-16-17)20-10-11-21(19-8-1-2-9-22(19)31)30-25(20)29-15-12-18-7-3-4-14-28-18/h1-11,13-14,16,23,31H,12,15H2,(H2,26,32)(H,29,30). The van der Waals surface area contributed by atoms with Crippen molar-refractivity contribution in [3.8, 4) is 17.0 Å². The molecule has 0 aliphatic heterocycles. The number of hydrogen-bond donors (Lipinski definition) is 3. The fourth-order valence-corrected chi connectivity index (χ4v) is 3.58. The third-order valence-electron chi connectivity index (χ3n) is 5.12. The first-order valence-electron chi connectivity index (χ1n) is 10.3. The molecule has 3 aromatic heterocycles. The molecule has 1 unspecified atom stereocenters. The molecule has 1 atom stereocenters. The Balaban J connectivity index is 1.72. The number of primary amides is 1. The molecule has 0 aliphatic carbocycles. The lowest BCUT2D eigenvalue weighted by atomic mass is 9.91. The summed E-state index contributed by atoms with van der Waals surface area (Å²) in [6.45, 7) is 0.555. The molecule has 0 spiro atoms. The topological polar surface area (TPSA) is 114 Å². The molecule has 7 heteroatoms. The number of hydrogen-bond acceptors (Lipinski definition) is 6. The normalized spacial score (nSPS) is 11.6. The fraction of sp³-hybridized carbons (Fsp3) is 0.120. The van der Waals surface area contributed by atoms with Crippen molar-refractivity contribution in [1.29, 1.82) is 0 Å². The molecule has 0 saturated heterocycles. The van der Waals surface area contributed by atoms with Crippen LogP contribution in [0.1, 0.15) is 22.7 Å². The van der Waals surface area contributed by atoms with Crippen molar-refractivity contribution in [2.45, 2.75) is 12.3 Å². The molecule has 1 amide bonds. The van der Waals surface area contributed by atoms with Gasteiger partial charge in [-0.3, -0.25) is 14.8 Å². The van der Waals surface area contributed by atoms with Gasteiger partial charge in [-0.05, 0) is 42.0 Å². The van der Waals surface area contributed by atoms with Crippen LogP contribution in [0.3, 0.4) is 0 Å². The lowest BCUT2D eigenvalue weighted by Crippen LogP contribution is -2.24. The summed E-state index contributed by atoms with van der Waals surface area (Å²) in [7, 11) is 0. The van der Waals surface area contributed by atoms with Crippen molar-refractivity contribution in [3.63, 3.8) is 0 Å². The van der Waals surface area contributed by atoms with E-state index in [4.69, 9.17) is 10.7 Å². The van der Waals surface area contributed by atoms with E-state index in [-0.39, 0.29) is 5.75 Å². The third kappa shape index (κ3) is 4.73. The summed E-state index contributed by atoms with van der Waals surface area (Å²) in [6.07, 6.45) is 5.71. The molecular weight excluding hydrogens is 402 g/mol. The van der Waals surface area contributed by atoms with Gasteiger partial charge in [-0.2, -0.15) is 0 Å². The summed E-state index contributed by atoms with van der Waals surface area (Å²) in [5.74, 6) is -0.560. The monoisotopic (exact) mass is 425 g/mol. The smallest absolute Gasteiger partial charge is 0.229 e. The van der Waals surface area contributed by atoms with E-state index in [0.29, 0.717) is 41.2 Å². The van der Waals surface area contributed by atoms with Crippen LogP contribution in [-0.2, 0) is 11.2 Å². The maximum absolute atomic E-state index is 12.4. The Morgan fingerprint density at radius 2 is 1.84 bits per heavy atom. The highest BCUT2D eigenvalue weighted by atomic mass is 16.3. The van der Waals surface area contributed by atoms with Crippen molar-refractivity contribution >= 4 is 11.7 Å². The highest BCUT2D eigenvalue weighted by Crippen LogP contribution is 2.33. The van der Waals surface area contributed by atoms with Gasteiger partial charge in [-0.1, -0.05) is 30.3 Å². The number of phenolic OH excluding ortho intramolecular Hbond substituents is 1. The number of anilines is 1. The highest BCUT2D eigenvalue weighted by Gasteiger charge is 2.25. The highest BCUT2D eigenvalue weighted by molar-refractivity contribution is 5.87. The van der Waals surface area contributed by atoms with E-state index < -0.39 is 11.8 Å². The molecule has 3 heterocycles. The van der Waals surface area contributed by atoms with Crippen LogP contribution in [0, 0.1) is 0 Å². The van der Waals surface area contributed by atoms with E-state index in [9.17, 15) is 9.90 Å². The van der Waals surface area contributed by atoms with Gasteiger partial charge in [0.2, 0.25) is 5.91 Å². The van der Waals surface area contributed by atoms with Crippen LogP contribution in [0.25, 0.3) is 11.3 Å². The van der Waals surface area contributed by atoms with E-state index in [1.54, 1.807) is 48.9 Å². The van der Waals surface area contributed by atoms with Crippen molar-refractivity contribution in [2.75, 3.05) is 11.9 Å². The van der Waals surface area contributed by atoms with Crippen LogP contribution in [0.4, 0.5) is 5.82 Å². The number of nitrogens with two attached hydrogens (primary N) is 1. The number of amides is 1. The first kappa shape index (κ1) is 21.0. The van der Waals surface area contributed by atoms with Crippen molar-refractivity contribution in [3.05, 3.63) is 102 Å². The number of para-hydroxylation sites is 1. The van der Waals surface area contributed by atoms with Crippen molar-refractivity contribution in [1.82, 2.24) is 15.0 Å². The molecule has 0 fully saturated rings. The molecule has 0 bridgehead atoms. The molecular formula is C25H23N5O2. The summed E-state index contributed by atoms with van der Waals surface area (Å²) >= 11 is 0. The summed E-state index contributed by atoms with van der Waals surface area (Å²) in [4.78, 5) is 25.7. The summed E-state index contributed by atoms with van der Waals surface area (Å²) < 4.78 is 0. The number of benzene rings is 1. The second-order valence-corrected chi connectivity index (χ2v) is 7.27. The number of aromatic hydroxyl groups is 1. The molecule has 4 N–H and O–H groups in total. The van der Waals surface area contributed by atoms with Gasteiger partial charge in [-0.25, -0.2) is 4.98 Å². The zero-order valence-electron chi connectivity index (χ0n) is 17.3. The Bertz CT molecular complexity index is 1200. The molecule has 160 valence electrons. The third-order valence-corrected chi connectivity index (χ3v) is 5.12. The van der Waals surface area contributed by atoms with Crippen molar-refractivity contribution in [2.24, 2.45) is 5.73 Å². The first-order chi connectivity index (χ1) is 15.6.